The molecule has 0 atom stereocenters. The van der Waals surface area contributed by atoms with Crippen LogP contribution in [0.3, 0.4) is 0 Å². The molecule has 0 amide bonds. The van der Waals surface area contributed by atoms with Gasteiger partial charge in [0.2, 0.25) is 5.88 Å². The number of anilines is 2. The van der Waals surface area contributed by atoms with Crippen molar-refractivity contribution in [3.05, 3.63) is 52.2 Å². The van der Waals surface area contributed by atoms with Crippen LogP contribution in [0.25, 0.3) is 0 Å². The van der Waals surface area contributed by atoms with Gasteiger partial charge in [0.15, 0.2) is 0 Å². The predicted octanol–water partition coefficient (Wildman–Crippen LogP) is 5.34. The van der Waals surface area contributed by atoms with E-state index in [0.717, 1.165) is 69.8 Å². The Balaban J connectivity index is 1.30. The van der Waals surface area contributed by atoms with Crippen LogP contribution in [-0.2, 0) is 6.18 Å². The third kappa shape index (κ3) is 6.57. The number of nitro benzene ring substituents is 1. The topological polar surface area (TPSA) is 83.8 Å². The number of nitrogens with zero attached hydrogens (tertiary/aromatic N) is 4. The van der Waals surface area contributed by atoms with Crippen LogP contribution in [0.5, 0.6) is 5.88 Å². The highest BCUT2D eigenvalue weighted by Crippen LogP contribution is 2.38. The summed E-state index contributed by atoms with van der Waals surface area (Å²) in [6.45, 7) is 7.36. The van der Waals surface area contributed by atoms with E-state index in [1.807, 2.05) is 12.1 Å². The van der Waals surface area contributed by atoms with Gasteiger partial charge in [-0.1, -0.05) is 6.92 Å². The summed E-state index contributed by atoms with van der Waals surface area (Å²) in [6.07, 6.45) is 1.00. The Kier molecular flexibility index (Phi) is 8.17. The summed E-state index contributed by atoms with van der Waals surface area (Å²) in [4.78, 5) is 19.2. The van der Waals surface area contributed by atoms with E-state index in [1.54, 1.807) is 6.20 Å². The van der Waals surface area contributed by atoms with E-state index in [0.29, 0.717) is 18.7 Å². The summed E-state index contributed by atoms with van der Waals surface area (Å²) in [5, 5.41) is 14.1. The maximum atomic E-state index is 13.3. The summed E-state index contributed by atoms with van der Waals surface area (Å²) in [5.74, 6) is 0.588. The summed E-state index contributed by atoms with van der Waals surface area (Å²) in [5.41, 5.74) is -0.856. The van der Waals surface area contributed by atoms with E-state index < -0.39 is 22.4 Å². The fourth-order valence-corrected chi connectivity index (χ4v) is 4.95. The molecular weight excluding hydrogens is 475 g/mol. The van der Waals surface area contributed by atoms with Crippen LogP contribution in [0.2, 0.25) is 0 Å². The summed E-state index contributed by atoms with van der Waals surface area (Å²) in [6, 6.07) is 7.00. The van der Waals surface area contributed by atoms with Gasteiger partial charge >= 0.3 is 6.18 Å². The van der Waals surface area contributed by atoms with E-state index in [2.05, 4.69) is 27.0 Å². The third-order valence-corrected chi connectivity index (χ3v) is 6.83. The van der Waals surface area contributed by atoms with E-state index in [-0.39, 0.29) is 17.8 Å². The highest BCUT2D eigenvalue weighted by Gasteiger charge is 2.38. The van der Waals surface area contributed by atoms with Gasteiger partial charge < -0.3 is 15.0 Å². The number of benzene rings is 1. The minimum Gasteiger partial charge on any atom is -0.474 e. The van der Waals surface area contributed by atoms with Crippen molar-refractivity contribution in [2.75, 3.05) is 42.9 Å². The fraction of sp³-hybridized carbons (Fsp3) is 0.560. The number of aromatic nitrogens is 1. The number of alkyl halides is 3. The molecule has 11 heteroatoms. The van der Waals surface area contributed by atoms with Gasteiger partial charge in [-0.2, -0.15) is 13.2 Å². The molecule has 8 nitrogen and oxygen atoms in total. The predicted molar refractivity (Wildman–Crippen MR) is 132 cm³/mol. The van der Waals surface area contributed by atoms with Gasteiger partial charge in [-0.25, -0.2) is 4.98 Å². The van der Waals surface area contributed by atoms with Crippen molar-refractivity contribution in [2.45, 2.75) is 57.3 Å². The zero-order valence-electron chi connectivity index (χ0n) is 20.3. The number of nitro groups is 1. The number of piperazine rings is 1. The molecule has 36 heavy (non-hydrogen) atoms. The first-order valence-electron chi connectivity index (χ1n) is 12.4. The van der Waals surface area contributed by atoms with E-state index >= 15 is 0 Å². The van der Waals surface area contributed by atoms with Crippen molar-refractivity contribution in [1.29, 1.82) is 0 Å². The summed E-state index contributed by atoms with van der Waals surface area (Å²) in [7, 11) is 0. The molecule has 0 unspecified atom stereocenters. The molecule has 1 saturated carbocycles. The quantitative estimate of drug-likeness (QED) is 0.381. The number of halogens is 3. The zero-order valence-corrected chi connectivity index (χ0v) is 20.3. The maximum absolute atomic E-state index is 13.3. The highest BCUT2D eigenvalue weighted by molar-refractivity contribution is 5.55. The SMILES string of the molecule is CCCN1CCN(c2ccnc(O[C@H]3CC[C@H](Nc4ccc([N+](=O)[O-])c(C(F)(F)F)c4)CC3)c2)CC1. The van der Waals surface area contributed by atoms with Crippen molar-refractivity contribution in [1.82, 2.24) is 9.88 Å². The standard InChI is InChI=1S/C25H32F3N5O3/c1-2-11-31-12-14-32(15-13-31)20-9-10-29-24(17-20)36-21-6-3-18(4-7-21)30-19-5-8-23(33(34)35)22(16-19)25(26,27)28/h5,8-10,16-18,21,30H,2-4,6-7,11-15H2,1H3/t18-,21-. The van der Waals surface area contributed by atoms with Crippen molar-refractivity contribution in [3.8, 4) is 5.88 Å². The van der Waals surface area contributed by atoms with Crippen LogP contribution in [0.4, 0.5) is 30.2 Å². The van der Waals surface area contributed by atoms with Crippen molar-refractivity contribution in [2.24, 2.45) is 0 Å². The Morgan fingerprint density at radius 3 is 2.47 bits per heavy atom. The second-order valence-corrected chi connectivity index (χ2v) is 9.40. The van der Waals surface area contributed by atoms with E-state index in [4.69, 9.17) is 4.74 Å². The lowest BCUT2D eigenvalue weighted by molar-refractivity contribution is -0.388. The molecule has 1 aromatic carbocycles. The van der Waals surface area contributed by atoms with Gasteiger partial charge in [-0.15, -0.1) is 0 Å². The van der Waals surface area contributed by atoms with E-state index in [9.17, 15) is 23.3 Å². The normalized spacial score (nSPS) is 21.3. The molecule has 2 aliphatic rings. The third-order valence-electron chi connectivity index (χ3n) is 6.83. The minimum absolute atomic E-state index is 0.0187. The lowest BCUT2D eigenvalue weighted by atomic mass is 9.92. The molecule has 1 aromatic heterocycles. The molecule has 2 heterocycles. The van der Waals surface area contributed by atoms with Crippen LogP contribution in [-0.4, -0.2) is 59.7 Å². The second-order valence-electron chi connectivity index (χ2n) is 9.40. The average molecular weight is 508 g/mol. The summed E-state index contributed by atoms with van der Waals surface area (Å²) >= 11 is 0. The molecule has 4 rings (SSSR count). The van der Waals surface area contributed by atoms with Crippen LogP contribution in [0.1, 0.15) is 44.6 Å². The van der Waals surface area contributed by atoms with Gasteiger partial charge in [0.25, 0.3) is 5.69 Å². The summed E-state index contributed by atoms with van der Waals surface area (Å²) < 4.78 is 45.9. The van der Waals surface area contributed by atoms with E-state index in [1.165, 1.54) is 6.07 Å². The van der Waals surface area contributed by atoms with Gasteiger partial charge in [-0.05, 0) is 56.8 Å². The van der Waals surface area contributed by atoms with Crippen molar-refractivity contribution >= 4 is 17.1 Å². The van der Waals surface area contributed by atoms with Crippen molar-refractivity contribution in [3.63, 3.8) is 0 Å². The Morgan fingerprint density at radius 2 is 1.83 bits per heavy atom. The Morgan fingerprint density at radius 1 is 1.11 bits per heavy atom. The molecule has 0 radical (unpaired) electrons. The van der Waals surface area contributed by atoms with Crippen LogP contribution in [0.15, 0.2) is 36.5 Å². The monoisotopic (exact) mass is 507 g/mol. The molecule has 196 valence electrons. The average Bonchev–Trinajstić information content (AvgIpc) is 2.85. The largest absolute Gasteiger partial charge is 0.474 e. The second kappa shape index (κ2) is 11.3. The number of hydrogen-bond acceptors (Lipinski definition) is 7. The maximum Gasteiger partial charge on any atom is 0.423 e. The van der Waals surface area contributed by atoms with Gasteiger partial charge in [0, 0.05) is 61.9 Å². The molecule has 1 saturated heterocycles. The first-order valence-corrected chi connectivity index (χ1v) is 12.4. The Labute approximate surface area is 208 Å². The number of rotatable bonds is 8. The lowest BCUT2D eigenvalue weighted by Gasteiger charge is -2.36. The number of pyridine rings is 1. The van der Waals surface area contributed by atoms with Crippen LogP contribution >= 0.6 is 0 Å². The fourth-order valence-electron chi connectivity index (χ4n) is 4.95. The van der Waals surface area contributed by atoms with Crippen LogP contribution in [0, 0.1) is 10.1 Å². The Bertz CT molecular complexity index is 1040. The molecule has 1 aliphatic heterocycles. The molecule has 2 aromatic rings. The van der Waals surface area contributed by atoms with Crippen molar-refractivity contribution < 1.29 is 22.8 Å². The van der Waals surface area contributed by atoms with Crippen LogP contribution < -0.4 is 15.0 Å². The van der Waals surface area contributed by atoms with Gasteiger partial charge in [0.1, 0.15) is 11.7 Å². The van der Waals surface area contributed by atoms with Gasteiger partial charge in [-0.3, -0.25) is 15.0 Å². The minimum atomic E-state index is -4.80. The molecule has 2 fully saturated rings. The molecule has 1 N–H and O–H groups in total. The lowest BCUT2D eigenvalue weighted by Crippen LogP contribution is -2.46. The molecular formula is C25H32F3N5O3. The Hall–Kier alpha value is -3.08. The van der Waals surface area contributed by atoms with Gasteiger partial charge in [0.05, 0.1) is 4.92 Å². The smallest absolute Gasteiger partial charge is 0.423 e. The molecule has 0 spiro atoms. The number of hydrogen-bond donors (Lipinski definition) is 1. The first-order chi connectivity index (χ1) is 17.2. The number of nitrogens with one attached hydrogen (secondary N) is 1. The molecule has 0 bridgehead atoms. The highest BCUT2D eigenvalue weighted by atomic mass is 19.4. The number of ether oxygens (including phenoxy) is 1. The first kappa shape index (κ1) is 26.0. The zero-order chi connectivity index (χ0) is 25.7. The molecule has 1 aliphatic carbocycles.